The van der Waals surface area contributed by atoms with Gasteiger partial charge in [-0.3, -0.25) is 0 Å². The van der Waals surface area contributed by atoms with E-state index < -0.39 is 0 Å². The first kappa shape index (κ1) is 22.6. The van der Waals surface area contributed by atoms with Crippen LogP contribution in [0.1, 0.15) is 76.7 Å². The molecule has 3 aromatic rings. The number of rotatable bonds is 14. The normalized spacial score (nSPS) is 11.4. The molecule has 162 valence electrons. The Balaban J connectivity index is 1.58. The van der Waals surface area contributed by atoms with Crippen LogP contribution in [0.3, 0.4) is 0 Å². The quantitative estimate of drug-likeness (QED) is 0.218. The van der Waals surface area contributed by atoms with Gasteiger partial charge < -0.3 is 9.84 Å². The van der Waals surface area contributed by atoms with Gasteiger partial charge in [0.25, 0.3) is 0 Å². The molecule has 0 saturated carbocycles. The largest absolute Gasteiger partial charge is 0.490 e. The van der Waals surface area contributed by atoms with Gasteiger partial charge in [0.15, 0.2) is 0 Å². The van der Waals surface area contributed by atoms with E-state index in [-0.39, 0.29) is 6.61 Å². The maximum Gasteiger partial charge on any atom is 0.130 e. The maximum atomic E-state index is 9.30. The van der Waals surface area contributed by atoms with E-state index in [9.17, 15) is 5.11 Å². The zero-order valence-electron chi connectivity index (χ0n) is 18.7. The van der Waals surface area contributed by atoms with E-state index in [4.69, 9.17) is 4.74 Å². The molecule has 0 heterocycles. The monoisotopic (exact) mass is 406 g/mol. The van der Waals surface area contributed by atoms with Crippen LogP contribution in [0.4, 0.5) is 0 Å². The predicted octanol–water partition coefficient (Wildman–Crippen LogP) is 7.83. The van der Waals surface area contributed by atoms with Gasteiger partial charge in [-0.05, 0) is 46.7 Å². The van der Waals surface area contributed by atoms with Gasteiger partial charge in [-0.25, -0.2) is 0 Å². The maximum absolute atomic E-state index is 9.30. The van der Waals surface area contributed by atoms with E-state index in [1.165, 1.54) is 85.9 Å². The molecule has 0 bridgehead atoms. The molecule has 0 radical (unpaired) electrons. The van der Waals surface area contributed by atoms with Gasteiger partial charge in [-0.1, -0.05) is 101 Å². The summed E-state index contributed by atoms with van der Waals surface area (Å²) in [5.41, 5.74) is 1.27. The lowest BCUT2D eigenvalue weighted by Gasteiger charge is -2.15. The molecule has 1 N–H and O–H groups in total. The third-order valence-electron chi connectivity index (χ3n) is 6.06. The summed E-state index contributed by atoms with van der Waals surface area (Å²) in [6.07, 6.45) is 14.5. The fourth-order valence-corrected chi connectivity index (χ4v) is 4.35. The Bertz CT molecular complexity index is 900. The Morgan fingerprint density at radius 3 is 2.00 bits per heavy atom. The fourth-order valence-electron chi connectivity index (χ4n) is 4.35. The summed E-state index contributed by atoms with van der Waals surface area (Å²) < 4.78 is 6.04. The number of ether oxygens (including phenoxy) is 1. The molecule has 3 rings (SSSR count). The van der Waals surface area contributed by atoms with E-state index in [0.29, 0.717) is 6.61 Å². The van der Waals surface area contributed by atoms with Gasteiger partial charge in [-0.15, -0.1) is 0 Å². The minimum Gasteiger partial charge on any atom is -0.490 e. The van der Waals surface area contributed by atoms with Crippen LogP contribution in [0.25, 0.3) is 21.5 Å². The first-order chi connectivity index (χ1) is 14.8. The summed E-state index contributed by atoms with van der Waals surface area (Å²) in [4.78, 5) is 0. The first-order valence-corrected chi connectivity index (χ1v) is 12.0. The first-order valence-electron chi connectivity index (χ1n) is 12.0. The molecule has 0 spiro atoms. The van der Waals surface area contributed by atoms with Gasteiger partial charge in [-0.2, -0.15) is 0 Å². The standard InChI is InChI=1S/C28H38O2/c1-2-3-4-5-6-7-8-9-10-11-14-23-17-18-26-21-24-15-12-13-16-25(24)22-27(26)28(23)30-20-19-29/h12-13,15-18,21-22,29H,2-11,14,19-20H2,1H3. The van der Waals surface area contributed by atoms with Crippen molar-refractivity contribution >= 4 is 21.5 Å². The summed E-state index contributed by atoms with van der Waals surface area (Å²) in [5, 5.41) is 14.1. The summed E-state index contributed by atoms with van der Waals surface area (Å²) in [6.45, 7) is 2.66. The molecule has 0 aromatic heterocycles. The molecule has 0 atom stereocenters. The second-order valence-electron chi connectivity index (χ2n) is 8.48. The van der Waals surface area contributed by atoms with Crippen LogP contribution in [0.15, 0.2) is 48.5 Å². The molecule has 0 amide bonds. The molecule has 0 aliphatic rings. The van der Waals surface area contributed by atoms with Crippen molar-refractivity contribution in [3.8, 4) is 5.75 Å². The van der Waals surface area contributed by atoms with Crippen LogP contribution in [-0.2, 0) is 6.42 Å². The molecule has 30 heavy (non-hydrogen) atoms. The molecule has 0 fully saturated rings. The van der Waals surface area contributed by atoms with Crippen LogP contribution in [0, 0.1) is 0 Å². The Kier molecular flexibility index (Phi) is 9.50. The molecular weight excluding hydrogens is 368 g/mol. The average molecular weight is 407 g/mol. The van der Waals surface area contributed by atoms with E-state index in [1.54, 1.807) is 0 Å². The van der Waals surface area contributed by atoms with Crippen LogP contribution >= 0.6 is 0 Å². The molecule has 2 nitrogen and oxygen atoms in total. The number of hydrogen-bond acceptors (Lipinski definition) is 2. The minimum absolute atomic E-state index is 0.0433. The highest BCUT2D eigenvalue weighted by Crippen LogP contribution is 2.34. The zero-order chi connectivity index (χ0) is 21.0. The third-order valence-corrected chi connectivity index (χ3v) is 6.06. The van der Waals surface area contributed by atoms with Crippen molar-refractivity contribution in [3.05, 3.63) is 54.1 Å². The molecule has 0 aliphatic carbocycles. The van der Waals surface area contributed by atoms with Gasteiger partial charge >= 0.3 is 0 Å². The van der Waals surface area contributed by atoms with Crippen molar-refractivity contribution < 1.29 is 9.84 Å². The SMILES string of the molecule is CCCCCCCCCCCCc1ccc2cc3ccccc3cc2c1OCCO. The predicted molar refractivity (Wildman–Crippen MR) is 130 cm³/mol. The van der Waals surface area contributed by atoms with Crippen molar-refractivity contribution in [2.45, 2.75) is 77.6 Å². The van der Waals surface area contributed by atoms with Crippen molar-refractivity contribution in [2.24, 2.45) is 0 Å². The fraction of sp³-hybridized carbons (Fsp3) is 0.500. The lowest BCUT2D eigenvalue weighted by atomic mass is 9.97. The lowest BCUT2D eigenvalue weighted by molar-refractivity contribution is 0.201. The highest BCUT2D eigenvalue weighted by molar-refractivity contribution is 6.01. The summed E-state index contributed by atoms with van der Waals surface area (Å²) in [5.74, 6) is 0.961. The molecular formula is C28H38O2. The van der Waals surface area contributed by atoms with E-state index in [0.717, 1.165) is 17.6 Å². The lowest BCUT2D eigenvalue weighted by Crippen LogP contribution is -2.04. The Morgan fingerprint density at radius 2 is 1.33 bits per heavy atom. The van der Waals surface area contributed by atoms with Crippen LogP contribution in [-0.4, -0.2) is 18.3 Å². The number of fused-ring (bicyclic) bond motifs is 2. The zero-order valence-corrected chi connectivity index (χ0v) is 18.7. The molecule has 0 unspecified atom stereocenters. The van der Waals surface area contributed by atoms with E-state index in [2.05, 4.69) is 55.5 Å². The second-order valence-corrected chi connectivity index (χ2v) is 8.48. The number of aryl methyl sites for hydroxylation is 1. The Morgan fingerprint density at radius 1 is 0.700 bits per heavy atom. The van der Waals surface area contributed by atoms with Gasteiger partial charge in [0.2, 0.25) is 0 Å². The topological polar surface area (TPSA) is 29.5 Å². The van der Waals surface area contributed by atoms with Gasteiger partial charge in [0.05, 0.1) is 6.61 Å². The van der Waals surface area contributed by atoms with Crippen molar-refractivity contribution in [3.63, 3.8) is 0 Å². The molecule has 0 saturated heterocycles. The number of benzene rings is 3. The van der Waals surface area contributed by atoms with Crippen molar-refractivity contribution in [1.82, 2.24) is 0 Å². The van der Waals surface area contributed by atoms with Gasteiger partial charge in [0, 0.05) is 5.39 Å². The summed E-state index contributed by atoms with van der Waals surface area (Å²) >= 11 is 0. The summed E-state index contributed by atoms with van der Waals surface area (Å²) in [7, 11) is 0. The number of unbranched alkanes of at least 4 members (excludes halogenated alkanes) is 9. The Labute approximate surface area is 182 Å². The molecule has 2 heteroatoms. The van der Waals surface area contributed by atoms with Crippen molar-refractivity contribution in [1.29, 1.82) is 0 Å². The van der Waals surface area contributed by atoms with Crippen LogP contribution in [0.5, 0.6) is 5.75 Å². The highest BCUT2D eigenvalue weighted by Gasteiger charge is 2.10. The van der Waals surface area contributed by atoms with Gasteiger partial charge in [0.1, 0.15) is 12.4 Å². The Hall–Kier alpha value is -2.06. The average Bonchev–Trinajstić information content (AvgIpc) is 2.78. The van der Waals surface area contributed by atoms with Crippen molar-refractivity contribution in [2.75, 3.05) is 13.2 Å². The highest BCUT2D eigenvalue weighted by atomic mass is 16.5. The number of aliphatic hydroxyl groups excluding tert-OH is 1. The van der Waals surface area contributed by atoms with Crippen LogP contribution in [0.2, 0.25) is 0 Å². The molecule has 3 aromatic carbocycles. The smallest absolute Gasteiger partial charge is 0.130 e. The summed E-state index contributed by atoms with van der Waals surface area (Å²) in [6, 6.07) is 17.4. The second kappa shape index (κ2) is 12.6. The van der Waals surface area contributed by atoms with Crippen LogP contribution < -0.4 is 4.74 Å². The number of aliphatic hydroxyl groups is 1. The number of hydrogen-bond donors (Lipinski definition) is 1. The molecule has 0 aliphatic heterocycles. The van der Waals surface area contributed by atoms with E-state index >= 15 is 0 Å². The third kappa shape index (κ3) is 6.47. The minimum atomic E-state index is 0.0433. The van der Waals surface area contributed by atoms with E-state index in [1.807, 2.05) is 0 Å².